The zero-order chi connectivity index (χ0) is 7.11. The van der Waals surface area contributed by atoms with Crippen molar-refractivity contribution in [3.05, 3.63) is 12.7 Å². The summed E-state index contributed by atoms with van der Waals surface area (Å²) in [6.45, 7) is 3.51. The monoisotopic (exact) mass is 154 g/mol. The third-order valence-electron chi connectivity index (χ3n) is 0.713. The van der Waals surface area contributed by atoms with E-state index in [2.05, 4.69) is 11.3 Å². The summed E-state index contributed by atoms with van der Waals surface area (Å²) in [6.07, 6.45) is 1.58. The largest absolute Gasteiger partial charge is 1.00 e. The molecule has 0 bridgehead atoms. The molecule has 0 rings (SSSR count). The molecule has 0 aromatic rings. The predicted molar refractivity (Wildman–Crippen MR) is 34.0 cm³/mol. The first kappa shape index (κ1) is 12.8. The van der Waals surface area contributed by atoms with Crippen LogP contribution in [0, 0.1) is 0 Å². The van der Waals surface area contributed by atoms with E-state index in [1.807, 2.05) is 0 Å². The maximum atomic E-state index is 10.3. The Morgan fingerprint density at radius 3 is 2.80 bits per heavy atom. The number of hydrogen-bond acceptors (Lipinski definition) is 3. The fraction of sp³-hybridized carbons (Fsp3) is 0.500. The van der Waals surface area contributed by atoms with Crippen LogP contribution >= 0.6 is 0 Å². The maximum absolute atomic E-state index is 10.3. The zero-order valence-corrected chi connectivity index (χ0v) is 8.17. The predicted octanol–water partition coefficient (Wildman–Crippen LogP) is -2.79. The number of hydrogen-bond donors (Lipinski definition) is 1. The van der Waals surface area contributed by atoms with E-state index in [0.29, 0.717) is 6.42 Å². The Balaban J connectivity index is -0.000000320. The summed E-state index contributed by atoms with van der Waals surface area (Å²) in [5, 5.41) is 8.23. The molecule has 0 aromatic carbocycles. The quantitative estimate of drug-likeness (QED) is 0.206. The van der Waals surface area contributed by atoms with Crippen molar-refractivity contribution in [1.82, 2.24) is 0 Å². The molecule has 0 heterocycles. The third-order valence-corrected chi connectivity index (χ3v) is 0.713. The van der Waals surface area contributed by atoms with Crippen molar-refractivity contribution in [2.24, 2.45) is 0 Å². The second-order valence-electron chi connectivity index (χ2n) is 1.45. The second kappa shape index (κ2) is 9.17. The first-order chi connectivity index (χ1) is 4.31. The Bertz CT molecular complexity index is 108. The zero-order valence-electron chi connectivity index (χ0n) is 7.17. The molecule has 0 spiro atoms. The van der Waals surface area contributed by atoms with Crippen molar-refractivity contribution >= 4 is 5.97 Å². The molecule has 4 heteroatoms. The van der Waals surface area contributed by atoms with E-state index in [1.165, 1.54) is 0 Å². The van der Waals surface area contributed by atoms with Crippen molar-refractivity contribution in [2.75, 3.05) is 13.2 Å². The molecule has 0 aliphatic rings. The van der Waals surface area contributed by atoms with Crippen LogP contribution in [0.15, 0.2) is 12.7 Å². The second-order valence-corrected chi connectivity index (χ2v) is 1.45. The van der Waals surface area contributed by atoms with Gasteiger partial charge < -0.3 is 11.3 Å². The van der Waals surface area contributed by atoms with Gasteiger partial charge in [-0.3, -0.25) is 0 Å². The number of ether oxygens (including phenoxy) is 1. The molecule has 0 aromatic heterocycles. The van der Waals surface area contributed by atoms with Crippen LogP contribution in [0.1, 0.15) is 7.85 Å². The fourth-order valence-electron chi connectivity index (χ4n) is 0.296. The molecular formula is C6H11NaO3. The van der Waals surface area contributed by atoms with Gasteiger partial charge in [-0.2, -0.15) is 0 Å². The van der Waals surface area contributed by atoms with Gasteiger partial charge in [0.2, 0.25) is 0 Å². The number of esters is 1. The maximum Gasteiger partial charge on any atom is 1.00 e. The molecule has 0 saturated heterocycles. The van der Waals surface area contributed by atoms with Gasteiger partial charge in [0.25, 0.3) is 0 Å². The third kappa shape index (κ3) is 8.17. The first-order valence-electron chi connectivity index (χ1n) is 2.71. The van der Waals surface area contributed by atoms with Gasteiger partial charge in [0.1, 0.15) is 0 Å². The summed E-state index contributed by atoms with van der Waals surface area (Å²) < 4.78 is 4.51. The van der Waals surface area contributed by atoms with Crippen molar-refractivity contribution in [3.63, 3.8) is 0 Å². The molecule has 10 heavy (non-hydrogen) atoms. The van der Waals surface area contributed by atoms with Gasteiger partial charge in [-0.25, -0.2) is 4.79 Å². The molecule has 0 fully saturated rings. The SMILES string of the molecule is C=CC(=O)OCCCO.[H-].[Na+]. The summed E-state index contributed by atoms with van der Waals surface area (Å²) in [5.74, 6) is -0.441. The van der Waals surface area contributed by atoms with Crippen LogP contribution in [-0.4, -0.2) is 24.3 Å². The number of aliphatic hydroxyl groups is 1. The topological polar surface area (TPSA) is 46.5 Å². The van der Waals surface area contributed by atoms with E-state index in [0.717, 1.165) is 6.08 Å². The molecular weight excluding hydrogens is 143 g/mol. The summed E-state index contributed by atoms with van der Waals surface area (Å²) >= 11 is 0. The molecule has 1 N–H and O–H groups in total. The number of rotatable bonds is 4. The van der Waals surface area contributed by atoms with Gasteiger partial charge in [0.15, 0.2) is 0 Å². The number of aliphatic hydroxyl groups excluding tert-OH is 1. The minimum atomic E-state index is -0.441. The number of carbonyl (C=O) groups excluding carboxylic acids is 1. The normalized spacial score (nSPS) is 7.70. The van der Waals surface area contributed by atoms with Gasteiger partial charge in [-0.15, -0.1) is 0 Å². The van der Waals surface area contributed by atoms with E-state index >= 15 is 0 Å². The first-order valence-corrected chi connectivity index (χ1v) is 2.71. The van der Waals surface area contributed by atoms with Crippen molar-refractivity contribution in [3.8, 4) is 0 Å². The number of carbonyl (C=O) groups is 1. The molecule has 0 amide bonds. The average Bonchev–Trinajstić information content (AvgIpc) is 1.89. The molecule has 0 aliphatic heterocycles. The minimum absolute atomic E-state index is 0. The molecule has 0 atom stereocenters. The van der Waals surface area contributed by atoms with E-state index in [-0.39, 0.29) is 44.2 Å². The van der Waals surface area contributed by atoms with E-state index < -0.39 is 5.97 Å². The Morgan fingerprint density at radius 1 is 1.80 bits per heavy atom. The van der Waals surface area contributed by atoms with E-state index in [1.54, 1.807) is 0 Å². The van der Waals surface area contributed by atoms with Gasteiger partial charge in [-0.05, 0) is 0 Å². The van der Waals surface area contributed by atoms with Crippen LogP contribution in [-0.2, 0) is 9.53 Å². The Hall–Kier alpha value is 0.170. The summed E-state index contributed by atoms with van der Waals surface area (Å²) in [6, 6.07) is 0. The molecule has 3 nitrogen and oxygen atoms in total. The fourth-order valence-corrected chi connectivity index (χ4v) is 0.296. The van der Waals surface area contributed by atoms with Gasteiger partial charge in [-0.1, -0.05) is 6.58 Å². The molecule has 0 aliphatic carbocycles. The van der Waals surface area contributed by atoms with Crippen LogP contribution < -0.4 is 29.6 Å². The summed E-state index contributed by atoms with van der Waals surface area (Å²) in [5.41, 5.74) is 0. The molecule has 0 radical (unpaired) electrons. The minimum Gasteiger partial charge on any atom is -1.00 e. The van der Waals surface area contributed by atoms with Crippen LogP contribution in [0.5, 0.6) is 0 Å². The summed E-state index contributed by atoms with van der Waals surface area (Å²) in [4.78, 5) is 10.3. The van der Waals surface area contributed by atoms with Gasteiger partial charge >= 0.3 is 35.5 Å². The Kier molecular flexibility index (Phi) is 11.7. The van der Waals surface area contributed by atoms with Gasteiger partial charge in [0, 0.05) is 19.1 Å². The average molecular weight is 154 g/mol. The Labute approximate surface area is 83.8 Å². The van der Waals surface area contributed by atoms with Gasteiger partial charge in [0.05, 0.1) is 6.61 Å². The van der Waals surface area contributed by atoms with Crippen LogP contribution in [0.2, 0.25) is 0 Å². The summed E-state index contributed by atoms with van der Waals surface area (Å²) in [7, 11) is 0. The van der Waals surface area contributed by atoms with E-state index in [9.17, 15) is 4.79 Å². The standard InChI is InChI=1S/C6H10O3.Na.H/c1-2-6(8)9-5-3-4-7;;/h2,7H,1,3-5H2;;/q;+1;-1. The van der Waals surface area contributed by atoms with E-state index in [4.69, 9.17) is 5.11 Å². The van der Waals surface area contributed by atoms with Crippen molar-refractivity contribution in [1.29, 1.82) is 0 Å². The smallest absolute Gasteiger partial charge is 1.00 e. The molecule has 0 unspecified atom stereocenters. The molecule has 54 valence electrons. The van der Waals surface area contributed by atoms with Crippen LogP contribution in [0.3, 0.4) is 0 Å². The van der Waals surface area contributed by atoms with Crippen LogP contribution in [0.25, 0.3) is 0 Å². The van der Waals surface area contributed by atoms with Crippen molar-refractivity contribution in [2.45, 2.75) is 6.42 Å². The Morgan fingerprint density at radius 2 is 2.40 bits per heavy atom. The molecule has 0 saturated carbocycles. The van der Waals surface area contributed by atoms with Crippen LogP contribution in [0.4, 0.5) is 0 Å². The van der Waals surface area contributed by atoms with Crippen molar-refractivity contribution < 1.29 is 45.6 Å².